The number of carbonyl (C=O) groups is 1. The molecule has 1 heterocycles. The molecule has 1 aliphatic heterocycles. The van der Waals surface area contributed by atoms with Crippen LogP contribution in [0.3, 0.4) is 0 Å². The SMILES string of the molecule is COc1ccc(C[C@@H]2S/C(=N/N=Cc3ccccc3)NC2=O)cc1. The molecular weight excluding hydrogens is 322 g/mol. The number of nitrogens with one attached hydrogen (secondary N) is 1. The summed E-state index contributed by atoms with van der Waals surface area (Å²) in [4.78, 5) is 12.1. The fraction of sp³-hybridized carbons (Fsp3) is 0.167. The highest BCUT2D eigenvalue weighted by molar-refractivity contribution is 8.15. The third-order valence-corrected chi connectivity index (χ3v) is 4.58. The summed E-state index contributed by atoms with van der Waals surface area (Å²) in [5.41, 5.74) is 2.04. The Bertz CT molecular complexity index is 758. The van der Waals surface area contributed by atoms with Crippen molar-refractivity contribution in [3.8, 4) is 5.75 Å². The summed E-state index contributed by atoms with van der Waals surface area (Å²) < 4.78 is 5.14. The van der Waals surface area contributed by atoms with E-state index >= 15 is 0 Å². The Labute approximate surface area is 144 Å². The lowest BCUT2D eigenvalue weighted by molar-refractivity contribution is -0.118. The van der Waals surface area contributed by atoms with Gasteiger partial charge in [-0.15, -0.1) is 5.10 Å². The number of amides is 1. The second-order valence-electron chi connectivity index (χ2n) is 5.21. The molecule has 0 unspecified atom stereocenters. The molecule has 1 aliphatic rings. The molecule has 122 valence electrons. The zero-order valence-corrected chi connectivity index (χ0v) is 14.0. The highest BCUT2D eigenvalue weighted by atomic mass is 32.2. The largest absolute Gasteiger partial charge is 0.497 e. The second kappa shape index (κ2) is 7.79. The number of thioether (sulfide) groups is 1. The van der Waals surface area contributed by atoms with Crippen LogP contribution < -0.4 is 10.1 Å². The first-order valence-electron chi connectivity index (χ1n) is 7.51. The van der Waals surface area contributed by atoms with Gasteiger partial charge in [-0.2, -0.15) is 5.10 Å². The highest BCUT2D eigenvalue weighted by Crippen LogP contribution is 2.24. The summed E-state index contributed by atoms with van der Waals surface area (Å²) in [6.45, 7) is 0. The van der Waals surface area contributed by atoms with Crippen molar-refractivity contribution in [1.29, 1.82) is 0 Å². The van der Waals surface area contributed by atoms with E-state index in [0.717, 1.165) is 16.9 Å². The molecule has 1 N–H and O–H groups in total. The van der Waals surface area contributed by atoms with Crippen LogP contribution in [0.4, 0.5) is 0 Å². The van der Waals surface area contributed by atoms with Gasteiger partial charge in [0.1, 0.15) is 5.75 Å². The fourth-order valence-corrected chi connectivity index (χ4v) is 3.21. The Morgan fingerprint density at radius 2 is 1.92 bits per heavy atom. The zero-order chi connectivity index (χ0) is 16.8. The monoisotopic (exact) mass is 339 g/mol. The van der Waals surface area contributed by atoms with Gasteiger partial charge in [-0.25, -0.2) is 0 Å². The van der Waals surface area contributed by atoms with E-state index in [1.807, 2.05) is 54.6 Å². The lowest BCUT2D eigenvalue weighted by Crippen LogP contribution is -2.25. The lowest BCUT2D eigenvalue weighted by Gasteiger charge is -2.06. The smallest absolute Gasteiger partial charge is 0.239 e. The van der Waals surface area contributed by atoms with Gasteiger partial charge in [0, 0.05) is 0 Å². The van der Waals surface area contributed by atoms with Crippen LogP contribution >= 0.6 is 11.8 Å². The van der Waals surface area contributed by atoms with Crippen LogP contribution in [0.2, 0.25) is 0 Å². The van der Waals surface area contributed by atoms with Gasteiger partial charge in [-0.05, 0) is 29.7 Å². The molecule has 1 saturated heterocycles. The third-order valence-electron chi connectivity index (χ3n) is 3.51. The molecule has 6 heteroatoms. The topological polar surface area (TPSA) is 63.1 Å². The van der Waals surface area contributed by atoms with E-state index in [9.17, 15) is 4.79 Å². The standard InChI is InChI=1S/C18H17N3O2S/c1-23-15-9-7-13(8-10-15)11-16-17(22)20-18(24-16)21-19-12-14-5-3-2-4-6-14/h2-10,12,16H,11H2,1H3,(H,20,21,22)/t16-/m0/s1. The molecule has 1 atom stereocenters. The molecule has 0 radical (unpaired) electrons. The van der Waals surface area contributed by atoms with Crippen LogP contribution in [0.1, 0.15) is 11.1 Å². The van der Waals surface area contributed by atoms with Crippen molar-refractivity contribution >= 4 is 29.1 Å². The Kier molecular flexibility index (Phi) is 5.28. The van der Waals surface area contributed by atoms with Gasteiger partial charge in [0.05, 0.1) is 18.6 Å². The predicted octanol–water partition coefficient (Wildman–Crippen LogP) is 2.86. The summed E-state index contributed by atoms with van der Waals surface area (Å²) in [5, 5.41) is 11.2. The zero-order valence-electron chi connectivity index (χ0n) is 13.2. The Morgan fingerprint density at radius 1 is 1.17 bits per heavy atom. The van der Waals surface area contributed by atoms with Crippen molar-refractivity contribution in [1.82, 2.24) is 5.32 Å². The van der Waals surface area contributed by atoms with Gasteiger partial charge >= 0.3 is 0 Å². The molecule has 3 rings (SSSR count). The first-order chi connectivity index (χ1) is 11.7. The van der Waals surface area contributed by atoms with Crippen molar-refractivity contribution in [2.75, 3.05) is 7.11 Å². The molecule has 1 fully saturated rings. The van der Waals surface area contributed by atoms with Gasteiger partial charge in [0.2, 0.25) is 5.91 Å². The van der Waals surface area contributed by atoms with Gasteiger partial charge in [-0.3, -0.25) is 4.79 Å². The number of nitrogens with zero attached hydrogens (tertiary/aromatic N) is 2. The molecular formula is C18H17N3O2S. The minimum Gasteiger partial charge on any atom is -0.497 e. The van der Waals surface area contributed by atoms with Crippen LogP contribution in [0.5, 0.6) is 5.75 Å². The Balaban J connectivity index is 1.60. The number of benzene rings is 2. The normalized spacial score (nSPS) is 19.0. The van der Waals surface area contributed by atoms with Crippen molar-refractivity contribution in [3.05, 3.63) is 65.7 Å². The quantitative estimate of drug-likeness (QED) is 0.673. The highest BCUT2D eigenvalue weighted by Gasteiger charge is 2.30. The molecule has 2 aromatic rings. The maximum Gasteiger partial charge on any atom is 0.239 e. The molecule has 24 heavy (non-hydrogen) atoms. The van der Waals surface area contributed by atoms with Crippen molar-refractivity contribution in [3.63, 3.8) is 0 Å². The van der Waals surface area contributed by atoms with Gasteiger partial charge in [-0.1, -0.05) is 54.2 Å². The van der Waals surface area contributed by atoms with E-state index in [4.69, 9.17) is 4.74 Å². The van der Waals surface area contributed by atoms with Crippen molar-refractivity contribution in [2.24, 2.45) is 10.2 Å². The lowest BCUT2D eigenvalue weighted by atomic mass is 10.1. The molecule has 0 spiro atoms. The summed E-state index contributed by atoms with van der Waals surface area (Å²) in [6, 6.07) is 17.4. The van der Waals surface area contributed by atoms with Gasteiger partial charge < -0.3 is 10.1 Å². The Morgan fingerprint density at radius 3 is 2.62 bits per heavy atom. The molecule has 1 amide bonds. The van der Waals surface area contributed by atoms with Crippen LogP contribution in [-0.2, 0) is 11.2 Å². The minimum absolute atomic E-state index is 0.0375. The number of ether oxygens (including phenoxy) is 1. The van der Waals surface area contributed by atoms with Crippen LogP contribution in [-0.4, -0.2) is 29.6 Å². The van der Waals surface area contributed by atoms with Crippen LogP contribution in [0, 0.1) is 0 Å². The summed E-state index contributed by atoms with van der Waals surface area (Å²) in [5.74, 6) is 0.768. The van der Waals surface area contributed by atoms with Crippen LogP contribution in [0.25, 0.3) is 0 Å². The number of hydrogen-bond donors (Lipinski definition) is 1. The Hall–Kier alpha value is -2.60. The first-order valence-corrected chi connectivity index (χ1v) is 8.39. The van der Waals surface area contributed by atoms with Gasteiger partial charge in [0.15, 0.2) is 5.17 Å². The van der Waals surface area contributed by atoms with E-state index < -0.39 is 0 Å². The van der Waals surface area contributed by atoms with E-state index in [1.54, 1.807) is 13.3 Å². The third kappa shape index (κ3) is 4.23. The van der Waals surface area contributed by atoms with Gasteiger partial charge in [0.25, 0.3) is 0 Å². The molecule has 5 nitrogen and oxygen atoms in total. The molecule has 0 saturated carbocycles. The van der Waals surface area contributed by atoms with Crippen LogP contribution in [0.15, 0.2) is 64.8 Å². The summed E-state index contributed by atoms with van der Waals surface area (Å²) >= 11 is 1.40. The van der Waals surface area contributed by atoms with E-state index in [2.05, 4.69) is 15.5 Å². The number of hydrogen-bond acceptors (Lipinski definition) is 5. The van der Waals surface area contributed by atoms with Crippen molar-refractivity contribution in [2.45, 2.75) is 11.7 Å². The number of carbonyl (C=O) groups excluding carboxylic acids is 1. The molecule has 2 aromatic carbocycles. The average Bonchev–Trinajstić information content (AvgIpc) is 2.96. The first kappa shape index (κ1) is 16.3. The maximum atomic E-state index is 12.1. The summed E-state index contributed by atoms with van der Waals surface area (Å²) in [6.07, 6.45) is 2.30. The van der Waals surface area contributed by atoms with E-state index in [0.29, 0.717) is 11.6 Å². The minimum atomic E-state index is -0.191. The summed E-state index contributed by atoms with van der Waals surface area (Å²) in [7, 11) is 1.63. The molecule has 0 bridgehead atoms. The van der Waals surface area contributed by atoms with E-state index in [-0.39, 0.29) is 11.2 Å². The average molecular weight is 339 g/mol. The maximum absolute atomic E-state index is 12.1. The predicted molar refractivity (Wildman–Crippen MR) is 97.7 cm³/mol. The molecule has 0 aliphatic carbocycles. The number of rotatable bonds is 5. The van der Waals surface area contributed by atoms with E-state index in [1.165, 1.54) is 11.8 Å². The second-order valence-corrected chi connectivity index (χ2v) is 6.40. The number of amidine groups is 1. The number of methoxy groups -OCH3 is 1. The molecule has 0 aromatic heterocycles. The van der Waals surface area contributed by atoms with Crippen molar-refractivity contribution < 1.29 is 9.53 Å². The fourth-order valence-electron chi connectivity index (χ4n) is 2.25.